The van der Waals surface area contributed by atoms with E-state index in [9.17, 15) is 4.79 Å². The number of amides is 1. The van der Waals surface area contributed by atoms with Crippen molar-refractivity contribution in [3.63, 3.8) is 0 Å². The number of carbonyl (C=O) groups is 1. The summed E-state index contributed by atoms with van der Waals surface area (Å²) in [6.07, 6.45) is 1.78. The maximum Gasteiger partial charge on any atom is 0.234 e. The van der Waals surface area contributed by atoms with Gasteiger partial charge in [-0.2, -0.15) is 0 Å². The van der Waals surface area contributed by atoms with Crippen molar-refractivity contribution in [3.8, 4) is 17.1 Å². The van der Waals surface area contributed by atoms with Crippen molar-refractivity contribution in [2.45, 2.75) is 18.6 Å². The van der Waals surface area contributed by atoms with Gasteiger partial charge in [-0.05, 0) is 43.3 Å². The second-order valence-electron chi connectivity index (χ2n) is 5.98. The van der Waals surface area contributed by atoms with E-state index in [0.717, 1.165) is 21.5 Å². The van der Waals surface area contributed by atoms with Gasteiger partial charge in [-0.3, -0.25) is 9.36 Å². The number of halogens is 1. The Balaban J connectivity index is 1.76. The van der Waals surface area contributed by atoms with Gasteiger partial charge in [0.25, 0.3) is 0 Å². The first-order chi connectivity index (χ1) is 14.1. The van der Waals surface area contributed by atoms with Gasteiger partial charge < -0.3 is 10.1 Å². The molecule has 150 valence electrons. The molecule has 6 nitrogen and oxygen atoms in total. The summed E-state index contributed by atoms with van der Waals surface area (Å²) in [5.74, 6) is 1.54. The summed E-state index contributed by atoms with van der Waals surface area (Å²) in [7, 11) is 0. The summed E-state index contributed by atoms with van der Waals surface area (Å²) < 4.78 is 8.62. The van der Waals surface area contributed by atoms with Crippen LogP contribution in [0.5, 0.6) is 5.75 Å². The topological polar surface area (TPSA) is 69.0 Å². The lowest BCUT2D eigenvalue weighted by atomic mass is 10.2. The molecule has 3 aromatic rings. The van der Waals surface area contributed by atoms with Crippen LogP contribution in [0.1, 0.15) is 6.92 Å². The maximum absolute atomic E-state index is 12.3. The molecule has 1 heterocycles. The molecule has 0 atom stereocenters. The van der Waals surface area contributed by atoms with Gasteiger partial charge in [0.15, 0.2) is 11.0 Å². The number of nitrogens with zero attached hydrogens (tertiary/aromatic N) is 3. The molecule has 2 aromatic carbocycles. The molecule has 0 aliphatic rings. The zero-order chi connectivity index (χ0) is 20.6. The molecule has 29 heavy (non-hydrogen) atoms. The fourth-order valence-electron chi connectivity index (χ4n) is 2.68. The Kier molecular flexibility index (Phi) is 7.48. The summed E-state index contributed by atoms with van der Waals surface area (Å²) in [5, 5.41) is 12.2. The van der Waals surface area contributed by atoms with Crippen molar-refractivity contribution in [2.24, 2.45) is 0 Å². The van der Waals surface area contributed by atoms with Crippen LogP contribution < -0.4 is 10.1 Å². The number of rotatable bonds is 9. The molecule has 8 heteroatoms. The standard InChI is InChI=1S/C21H21BrN4O2S/c1-3-13-26-20(17-7-5-6-8-18(17)28-4-2)24-25-21(26)29-14-19(27)23-16-11-9-15(22)10-12-16/h3,5-12H,1,4,13-14H2,2H3,(H,23,27). The zero-order valence-electron chi connectivity index (χ0n) is 16.0. The number of allylic oxidation sites excluding steroid dienone is 1. The van der Waals surface area contributed by atoms with Crippen molar-refractivity contribution in [1.29, 1.82) is 0 Å². The molecule has 1 N–H and O–H groups in total. The normalized spacial score (nSPS) is 10.6. The average molecular weight is 473 g/mol. The Hall–Kier alpha value is -2.58. The largest absolute Gasteiger partial charge is 0.493 e. The Morgan fingerprint density at radius 1 is 1.24 bits per heavy atom. The number of hydrogen-bond acceptors (Lipinski definition) is 5. The molecule has 0 fully saturated rings. The number of benzene rings is 2. The number of thioether (sulfide) groups is 1. The minimum atomic E-state index is -0.109. The Bertz CT molecular complexity index is 989. The fourth-order valence-corrected chi connectivity index (χ4v) is 3.69. The first-order valence-electron chi connectivity index (χ1n) is 9.07. The van der Waals surface area contributed by atoms with Crippen LogP contribution >= 0.6 is 27.7 Å². The third kappa shape index (κ3) is 5.48. The number of hydrogen-bond donors (Lipinski definition) is 1. The first kappa shape index (κ1) is 21.1. The molecule has 0 bridgehead atoms. The van der Waals surface area contributed by atoms with Gasteiger partial charge in [0, 0.05) is 16.7 Å². The molecule has 1 aromatic heterocycles. The molecule has 0 aliphatic heterocycles. The van der Waals surface area contributed by atoms with Crippen LogP contribution in [-0.4, -0.2) is 33.0 Å². The Labute approximate surface area is 182 Å². The van der Waals surface area contributed by atoms with Crippen LogP contribution in [0.15, 0.2) is 70.8 Å². The maximum atomic E-state index is 12.3. The van der Waals surface area contributed by atoms with Crippen LogP contribution in [0.2, 0.25) is 0 Å². The van der Waals surface area contributed by atoms with Gasteiger partial charge >= 0.3 is 0 Å². The summed E-state index contributed by atoms with van der Waals surface area (Å²) in [4.78, 5) is 12.3. The molecule has 0 radical (unpaired) electrons. The quantitative estimate of drug-likeness (QED) is 0.349. The van der Waals surface area contributed by atoms with Gasteiger partial charge in [-0.25, -0.2) is 0 Å². The third-order valence-electron chi connectivity index (χ3n) is 3.92. The van der Waals surface area contributed by atoms with Crippen molar-refractivity contribution in [3.05, 3.63) is 65.7 Å². The second-order valence-corrected chi connectivity index (χ2v) is 7.84. The molecule has 0 saturated heterocycles. The van der Waals surface area contributed by atoms with E-state index >= 15 is 0 Å². The fraction of sp³-hybridized carbons (Fsp3) is 0.190. The van der Waals surface area contributed by atoms with E-state index < -0.39 is 0 Å². The highest BCUT2D eigenvalue weighted by atomic mass is 79.9. The van der Waals surface area contributed by atoms with Crippen LogP contribution in [0, 0.1) is 0 Å². The van der Waals surface area contributed by atoms with E-state index in [2.05, 4.69) is 38.0 Å². The van der Waals surface area contributed by atoms with E-state index in [1.807, 2.05) is 60.0 Å². The molecule has 0 unspecified atom stereocenters. The highest BCUT2D eigenvalue weighted by Crippen LogP contribution is 2.31. The molecule has 1 amide bonds. The van der Waals surface area contributed by atoms with Crippen LogP contribution in [-0.2, 0) is 11.3 Å². The average Bonchev–Trinajstić information content (AvgIpc) is 3.12. The van der Waals surface area contributed by atoms with Crippen LogP contribution in [0.4, 0.5) is 5.69 Å². The highest BCUT2D eigenvalue weighted by Gasteiger charge is 2.17. The number of para-hydroxylation sites is 1. The second kappa shape index (κ2) is 10.3. The van der Waals surface area contributed by atoms with E-state index in [4.69, 9.17) is 4.74 Å². The van der Waals surface area contributed by atoms with Crippen molar-refractivity contribution in [2.75, 3.05) is 17.7 Å². The van der Waals surface area contributed by atoms with E-state index in [-0.39, 0.29) is 11.7 Å². The highest BCUT2D eigenvalue weighted by molar-refractivity contribution is 9.10. The number of carbonyl (C=O) groups excluding carboxylic acids is 1. The SMILES string of the molecule is C=CCn1c(SCC(=O)Nc2ccc(Br)cc2)nnc1-c1ccccc1OCC. The predicted octanol–water partition coefficient (Wildman–Crippen LogP) is 5.02. The predicted molar refractivity (Wildman–Crippen MR) is 120 cm³/mol. The van der Waals surface area contributed by atoms with E-state index in [0.29, 0.717) is 24.1 Å². The number of aromatic nitrogens is 3. The van der Waals surface area contributed by atoms with Gasteiger partial charge in [0.2, 0.25) is 5.91 Å². The molecular formula is C21H21BrN4O2S. The van der Waals surface area contributed by atoms with Crippen molar-refractivity contribution >= 4 is 39.3 Å². The monoisotopic (exact) mass is 472 g/mol. The molecule has 0 spiro atoms. The molecule has 3 rings (SSSR count). The number of ether oxygens (including phenoxy) is 1. The van der Waals surface area contributed by atoms with Crippen molar-refractivity contribution in [1.82, 2.24) is 14.8 Å². The lowest BCUT2D eigenvalue weighted by Crippen LogP contribution is -2.14. The lowest BCUT2D eigenvalue weighted by molar-refractivity contribution is -0.113. The Morgan fingerprint density at radius 3 is 2.72 bits per heavy atom. The zero-order valence-corrected chi connectivity index (χ0v) is 18.4. The number of nitrogens with one attached hydrogen (secondary N) is 1. The number of anilines is 1. The van der Waals surface area contributed by atoms with E-state index in [1.54, 1.807) is 6.08 Å². The smallest absolute Gasteiger partial charge is 0.234 e. The minimum absolute atomic E-state index is 0.109. The van der Waals surface area contributed by atoms with Crippen LogP contribution in [0.25, 0.3) is 11.4 Å². The minimum Gasteiger partial charge on any atom is -0.493 e. The summed E-state index contributed by atoms with van der Waals surface area (Å²) >= 11 is 4.71. The van der Waals surface area contributed by atoms with Crippen LogP contribution in [0.3, 0.4) is 0 Å². The van der Waals surface area contributed by atoms with Gasteiger partial charge in [0.1, 0.15) is 5.75 Å². The third-order valence-corrected chi connectivity index (χ3v) is 5.41. The first-order valence-corrected chi connectivity index (χ1v) is 10.8. The lowest BCUT2D eigenvalue weighted by Gasteiger charge is -2.11. The summed E-state index contributed by atoms with van der Waals surface area (Å²) in [6, 6.07) is 15.2. The molecular weight excluding hydrogens is 452 g/mol. The molecule has 0 saturated carbocycles. The summed E-state index contributed by atoms with van der Waals surface area (Å²) in [5.41, 5.74) is 1.60. The van der Waals surface area contributed by atoms with Gasteiger partial charge in [-0.15, -0.1) is 16.8 Å². The van der Waals surface area contributed by atoms with E-state index in [1.165, 1.54) is 11.8 Å². The van der Waals surface area contributed by atoms with Crippen molar-refractivity contribution < 1.29 is 9.53 Å². The van der Waals surface area contributed by atoms with Gasteiger partial charge in [0.05, 0.1) is 17.9 Å². The molecule has 0 aliphatic carbocycles. The Morgan fingerprint density at radius 2 is 2.00 bits per heavy atom. The van der Waals surface area contributed by atoms with Gasteiger partial charge in [-0.1, -0.05) is 45.9 Å². The summed E-state index contributed by atoms with van der Waals surface area (Å²) in [6.45, 7) is 6.86.